The normalized spacial score (nSPS) is 14.9. The number of halogens is 1. The molecule has 140 valence electrons. The van der Waals surface area contributed by atoms with Crippen LogP contribution in [0.1, 0.15) is 24.2 Å². The van der Waals surface area contributed by atoms with Gasteiger partial charge in [-0.1, -0.05) is 12.1 Å². The molecule has 0 aliphatic carbocycles. The van der Waals surface area contributed by atoms with Crippen molar-refractivity contribution in [3.05, 3.63) is 53.8 Å². The van der Waals surface area contributed by atoms with Gasteiger partial charge in [-0.15, -0.1) is 0 Å². The molecule has 0 saturated carbocycles. The number of fused-ring (bicyclic) bond motifs is 1. The van der Waals surface area contributed by atoms with E-state index in [1.807, 2.05) is 0 Å². The Morgan fingerprint density at radius 1 is 1.22 bits per heavy atom. The van der Waals surface area contributed by atoms with Gasteiger partial charge in [-0.2, -0.15) is 0 Å². The Bertz CT molecular complexity index is 941. The van der Waals surface area contributed by atoms with Crippen LogP contribution in [0.4, 0.5) is 15.8 Å². The molecule has 2 aromatic carbocycles. The van der Waals surface area contributed by atoms with Crippen molar-refractivity contribution in [1.29, 1.82) is 0 Å². The summed E-state index contributed by atoms with van der Waals surface area (Å²) >= 11 is 0. The van der Waals surface area contributed by atoms with E-state index in [0.29, 0.717) is 0 Å². The number of ether oxygens (including phenoxy) is 1. The molecule has 3 rings (SSSR count). The van der Waals surface area contributed by atoms with Gasteiger partial charge in [0.25, 0.3) is 5.91 Å². The van der Waals surface area contributed by atoms with Gasteiger partial charge >= 0.3 is 5.97 Å². The molecular weight excluding hydrogens is 355 g/mol. The van der Waals surface area contributed by atoms with E-state index in [9.17, 15) is 18.8 Å². The Labute approximate surface area is 154 Å². The predicted molar refractivity (Wildman–Crippen MR) is 95.5 cm³/mol. The van der Waals surface area contributed by atoms with Crippen LogP contribution in [-0.4, -0.2) is 35.0 Å². The van der Waals surface area contributed by atoms with Gasteiger partial charge in [-0.25, -0.2) is 9.18 Å². The molecule has 0 atom stereocenters. The second-order valence-corrected chi connectivity index (χ2v) is 6.52. The van der Waals surface area contributed by atoms with Crippen LogP contribution in [0.25, 0.3) is 0 Å². The van der Waals surface area contributed by atoms with Crippen molar-refractivity contribution >= 4 is 29.2 Å². The lowest BCUT2D eigenvalue weighted by atomic mass is 10.0. The minimum atomic E-state index is -1.29. The Kier molecular flexibility index (Phi) is 4.57. The van der Waals surface area contributed by atoms with E-state index in [1.54, 1.807) is 6.07 Å². The largest absolute Gasteiger partial charge is 0.478 e. The summed E-state index contributed by atoms with van der Waals surface area (Å²) in [6.07, 6.45) is 0. The van der Waals surface area contributed by atoms with Gasteiger partial charge in [0.05, 0.1) is 16.9 Å². The minimum absolute atomic E-state index is 0.00363. The van der Waals surface area contributed by atoms with Crippen LogP contribution in [0.2, 0.25) is 0 Å². The maximum Gasteiger partial charge on any atom is 0.335 e. The lowest BCUT2D eigenvalue weighted by molar-refractivity contribution is -0.133. The Hall–Kier alpha value is -3.42. The lowest BCUT2D eigenvalue weighted by Gasteiger charge is -2.38. The Morgan fingerprint density at radius 2 is 1.93 bits per heavy atom. The summed E-state index contributed by atoms with van der Waals surface area (Å²) in [5, 5.41) is 11.6. The first kappa shape index (κ1) is 18.4. The molecule has 2 aromatic rings. The number of rotatable bonds is 4. The molecule has 1 heterocycles. The predicted octanol–water partition coefficient (Wildman–Crippen LogP) is 2.67. The maximum atomic E-state index is 13.7. The van der Waals surface area contributed by atoms with Crippen LogP contribution >= 0.6 is 0 Å². The fourth-order valence-corrected chi connectivity index (χ4v) is 2.76. The molecular formula is C19H17FN2O5. The number of aromatic carboxylic acids is 1. The van der Waals surface area contributed by atoms with Crippen LogP contribution in [0.5, 0.6) is 5.75 Å². The van der Waals surface area contributed by atoms with Crippen molar-refractivity contribution in [2.75, 3.05) is 16.8 Å². The maximum absolute atomic E-state index is 13.7. The average Bonchev–Trinajstić information content (AvgIpc) is 2.60. The topological polar surface area (TPSA) is 95.9 Å². The minimum Gasteiger partial charge on any atom is -0.478 e. The number of hydrogen-bond acceptors (Lipinski definition) is 4. The highest BCUT2D eigenvalue weighted by molar-refractivity contribution is 6.08. The van der Waals surface area contributed by atoms with Crippen molar-refractivity contribution in [3.8, 4) is 5.75 Å². The zero-order valence-corrected chi connectivity index (χ0v) is 14.7. The van der Waals surface area contributed by atoms with E-state index < -0.39 is 29.2 Å². The molecule has 0 fully saturated rings. The van der Waals surface area contributed by atoms with Crippen molar-refractivity contribution in [2.24, 2.45) is 0 Å². The highest BCUT2D eigenvalue weighted by atomic mass is 19.1. The number of carboxylic acid groups (broad SMARTS) is 1. The van der Waals surface area contributed by atoms with Crippen LogP contribution in [-0.2, 0) is 9.59 Å². The molecule has 0 aromatic heterocycles. The van der Waals surface area contributed by atoms with Gasteiger partial charge in [0.1, 0.15) is 18.1 Å². The van der Waals surface area contributed by atoms with Gasteiger partial charge < -0.3 is 15.2 Å². The number of nitrogens with one attached hydrogen (secondary N) is 1. The zero-order chi connectivity index (χ0) is 19.8. The van der Waals surface area contributed by atoms with Gasteiger partial charge in [0.15, 0.2) is 5.60 Å². The highest BCUT2D eigenvalue weighted by Gasteiger charge is 2.41. The number of benzene rings is 2. The molecule has 7 nitrogen and oxygen atoms in total. The third-order valence-electron chi connectivity index (χ3n) is 4.07. The fraction of sp³-hybridized carbons (Fsp3) is 0.211. The van der Waals surface area contributed by atoms with Gasteiger partial charge in [-0.3, -0.25) is 14.5 Å². The van der Waals surface area contributed by atoms with Crippen molar-refractivity contribution < 1.29 is 28.6 Å². The summed E-state index contributed by atoms with van der Waals surface area (Å²) in [4.78, 5) is 37.4. The van der Waals surface area contributed by atoms with E-state index in [1.165, 1.54) is 55.1 Å². The molecule has 0 saturated heterocycles. The third kappa shape index (κ3) is 3.59. The third-order valence-corrected chi connectivity index (χ3v) is 4.07. The average molecular weight is 372 g/mol. The number of anilines is 2. The van der Waals surface area contributed by atoms with E-state index in [2.05, 4.69) is 5.32 Å². The van der Waals surface area contributed by atoms with Crippen molar-refractivity contribution in [1.82, 2.24) is 0 Å². The smallest absolute Gasteiger partial charge is 0.335 e. The van der Waals surface area contributed by atoms with E-state index in [-0.39, 0.29) is 29.2 Å². The van der Waals surface area contributed by atoms with Crippen molar-refractivity contribution in [3.63, 3.8) is 0 Å². The summed E-state index contributed by atoms with van der Waals surface area (Å²) in [5.41, 5.74) is -1.02. The first-order chi connectivity index (χ1) is 12.7. The Morgan fingerprint density at radius 3 is 2.59 bits per heavy atom. The Balaban J connectivity index is 1.90. The molecule has 0 spiro atoms. The van der Waals surface area contributed by atoms with Crippen LogP contribution < -0.4 is 15.0 Å². The fourth-order valence-electron chi connectivity index (χ4n) is 2.76. The number of amides is 2. The molecule has 2 N–H and O–H groups in total. The quantitative estimate of drug-likeness (QED) is 0.860. The monoisotopic (exact) mass is 372 g/mol. The standard InChI is InChI=1S/C19H17FN2O5/c1-19(2)18(26)22(10-16(23)21-13-6-4-3-5-12(13)20)14-8-7-11(17(24)25)9-15(14)27-19/h3-9H,10H2,1-2H3,(H,21,23)(H,24,25). The molecule has 2 amide bonds. The molecule has 1 aliphatic rings. The van der Waals surface area contributed by atoms with Crippen LogP contribution in [0.3, 0.4) is 0 Å². The van der Waals surface area contributed by atoms with Crippen molar-refractivity contribution in [2.45, 2.75) is 19.4 Å². The van der Waals surface area contributed by atoms with E-state index in [0.717, 1.165) is 0 Å². The zero-order valence-electron chi connectivity index (χ0n) is 14.7. The van der Waals surface area contributed by atoms with Crippen LogP contribution in [0, 0.1) is 5.82 Å². The number of carbonyl (C=O) groups is 3. The number of hydrogen-bond donors (Lipinski definition) is 2. The number of para-hydroxylation sites is 1. The molecule has 0 unspecified atom stereocenters. The second kappa shape index (κ2) is 6.71. The molecule has 0 bridgehead atoms. The summed E-state index contributed by atoms with van der Waals surface area (Å²) in [7, 11) is 0. The highest BCUT2D eigenvalue weighted by Crippen LogP contribution is 2.38. The van der Waals surface area contributed by atoms with Crippen LogP contribution in [0.15, 0.2) is 42.5 Å². The second-order valence-electron chi connectivity index (χ2n) is 6.52. The lowest BCUT2D eigenvalue weighted by Crippen LogP contribution is -2.54. The number of nitrogens with zero attached hydrogens (tertiary/aromatic N) is 1. The van der Waals surface area contributed by atoms with Gasteiger partial charge in [-0.05, 0) is 44.2 Å². The molecule has 0 radical (unpaired) electrons. The molecule has 27 heavy (non-hydrogen) atoms. The van der Waals surface area contributed by atoms with E-state index in [4.69, 9.17) is 9.84 Å². The number of carbonyl (C=O) groups excluding carboxylic acids is 2. The number of carboxylic acids is 1. The summed E-state index contributed by atoms with van der Waals surface area (Å²) < 4.78 is 19.3. The first-order valence-electron chi connectivity index (χ1n) is 8.12. The summed E-state index contributed by atoms with van der Waals surface area (Å²) in [5.74, 6) is -2.62. The summed E-state index contributed by atoms with van der Waals surface area (Å²) in [6, 6.07) is 9.71. The van der Waals surface area contributed by atoms with Gasteiger partial charge in [0, 0.05) is 0 Å². The molecule has 1 aliphatic heterocycles. The SMILES string of the molecule is CC1(C)Oc2cc(C(=O)O)ccc2N(CC(=O)Nc2ccccc2F)C1=O. The summed E-state index contributed by atoms with van der Waals surface area (Å²) in [6.45, 7) is 2.67. The van der Waals surface area contributed by atoms with Gasteiger partial charge in [0.2, 0.25) is 5.91 Å². The molecule has 8 heteroatoms. The van der Waals surface area contributed by atoms with E-state index >= 15 is 0 Å². The first-order valence-corrected chi connectivity index (χ1v) is 8.12.